The Bertz CT molecular complexity index is 660. The molecule has 0 bridgehead atoms. The van der Waals surface area contributed by atoms with Crippen LogP contribution >= 0.6 is 11.6 Å². The van der Waals surface area contributed by atoms with E-state index >= 15 is 0 Å². The summed E-state index contributed by atoms with van der Waals surface area (Å²) >= 11 is 5.81. The number of benzene rings is 2. The Morgan fingerprint density at radius 2 is 1.95 bits per heavy atom. The molecule has 102 valence electrons. The molecule has 2 rings (SSSR count). The van der Waals surface area contributed by atoms with Crippen LogP contribution in [0.1, 0.15) is 17.2 Å². The molecule has 0 spiro atoms. The Hall–Kier alpha value is -2.12. The Labute approximate surface area is 120 Å². The van der Waals surface area contributed by atoms with E-state index in [1.54, 1.807) is 13.0 Å². The highest BCUT2D eigenvalue weighted by Crippen LogP contribution is 2.25. The Kier molecular flexibility index (Phi) is 4.21. The summed E-state index contributed by atoms with van der Waals surface area (Å²) in [6, 6.07) is 9.26. The third kappa shape index (κ3) is 3.25. The smallest absolute Gasteiger partial charge is 0.143 e. The number of hydrogen-bond donors (Lipinski definition) is 1. The normalized spacial score (nSPS) is 11.8. The van der Waals surface area contributed by atoms with Crippen molar-refractivity contribution in [2.24, 2.45) is 0 Å². The van der Waals surface area contributed by atoms with Crippen LogP contribution in [0.3, 0.4) is 0 Å². The van der Waals surface area contributed by atoms with E-state index < -0.39 is 17.7 Å². The molecule has 0 fully saturated rings. The van der Waals surface area contributed by atoms with E-state index in [2.05, 4.69) is 5.32 Å². The van der Waals surface area contributed by atoms with Crippen LogP contribution < -0.4 is 5.32 Å². The molecule has 0 saturated carbocycles. The highest BCUT2D eigenvalue weighted by molar-refractivity contribution is 6.30. The van der Waals surface area contributed by atoms with Gasteiger partial charge in [-0.1, -0.05) is 11.6 Å². The highest BCUT2D eigenvalue weighted by Gasteiger charge is 2.16. The van der Waals surface area contributed by atoms with E-state index in [1.807, 2.05) is 6.07 Å². The van der Waals surface area contributed by atoms with Crippen LogP contribution in [-0.2, 0) is 0 Å². The second-order valence-electron chi connectivity index (χ2n) is 4.39. The van der Waals surface area contributed by atoms with Gasteiger partial charge in [0, 0.05) is 16.3 Å². The molecule has 1 N–H and O–H groups in total. The van der Waals surface area contributed by atoms with E-state index in [4.69, 9.17) is 11.6 Å². The molecule has 0 aliphatic carbocycles. The largest absolute Gasteiger partial charge is 0.366 e. The van der Waals surface area contributed by atoms with Crippen LogP contribution in [0.2, 0.25) is 5.02 Å². The molecule has 1 atom stereocenters. The molecule has 2 aromatic carbocycles. The third-order valence-electron chi connectivity index (χ3n) is 2.75. The number of aryl methyl sites for hydroxylation is 1. The van der Waals surface area contributed by atoms with Crippen molar-refractivity contribution >= 4 is 17.3 Å². The predicted octanol–water partition coefficient (Wildman–Crippen LogP) is 4.60. The number of nitrogens with one attached hydrogen (secondary N) is 1. The molecule has 5 heteroatoms. The molecule has 0 aliphatic heterocycles. The average molecular weight is 293 g/mol. The number of rotatable bonds is 3. The maximum Gasteiger partial charge on any atom is 0.143 e. The molecule has 2 aromatic rings. The number of nitriles is 1. The third-order valence-corrected chi connectivity index (χ3v) is 2.99. The summed E-state index contributed by atoms with van der Waals surface area (Å²) in [7, 11) is 0. The van der Waals surface area contributed by atoms with Gasteiger partial charge in [0.15, 0.2) is 0 Å². The molecule has 1 unspecified atom stereocenters. The highest BCUT2D eigenvalue weighted by atomic mass is 35.5. The Balaban J connectivity index is 2.34. The van der Waals surface area contributed by atoms with E-state index in [1.165, 1.54) is 30.3 Å². The number of anilines is 1. The molecule has 0 aromatic heterocycles. The van der Waals surface area contributed by atoms with Crippen molar-refractivity contribution in [3.63, 3.8) is 0 Å². The molecule has 2 nitrogen and oxygen atoms in total. The van der Waals surface area contributed by atoms with Crippen LogP contribution in [0.25, 0.3) is 0 Å². The second kappa shape index (κ2) is 5.89. The van der Waals surface area contributed by atoms with Crippen LogP contribution in [0.4, 0.5) is 14.5 Å². The lowest BCUT2D eigenvalue weighted by atomic mass is 10.1. The summed E-state index contributed by atoms with van der Waals surface area (Å²) in [6.45, 7) is 1.73. The first-order valence-electron chi connectivity index (χ1n) is 5.88. The van der Waals surface area contributed by atoms with E-state index in [0.717, 1.165) is 0 Å². The molecule has 0 heterocycles. The maximum absolute atomic E-state index is 13.7. The van der Waals surface area contributed by atoms with Gasteiger partial charge in [-0.05, 0) is 48.9 Å². The van der Waals surface area contributed by atoms with Crippen LogP contribution in [-0.4, -0.2) is 0 Å². The molecule has 0 radical (unpaired) electrons. The van der Waals surface area contributed by atoms with Gasteiger partial charge in [0.1, 0.15) is 17.7 Å². The van der Waals surface area contributed by atoms with Crippen molar-refractivity contribution in [1.82, 2.24) is 0 Å². The van der Waals surface area contributed by atoms with Crippen LogP contribution in [0, 0.1) is 29.9 Å². The minimum atomic E-state index is -0.949. The minimum Gasteiger partial charge on any atom is -0.366 e. The lowest BCUT2D eigenvalue weighted by molar-refractivity contribution is 0.607. The van der Waals surface area contributed by atoms with Gasteiger partial charge >= 0.3 is 0 Å². The van der Waals surface area contributed by atoms with Crippen molar-refractivity contribution in [3.05, 3.63) is 64.2 Å². The zero-order chi connectivity index (χ0) is 14.7. The Morgan fingerprint density at radius 1 is 1.20 bits per heavy atom. The zero-order valence-corrected chi connectivity index (χ0v) is 11.4. The fraction of sp³-hybridized carbons (Fsp3) is 0.133. The standard InChI is InChI=1S/C15H11ClF2N2/c1-9-4-11(17)7-12(5-9)20-15(8-19)13-6-10(16)2-3-14(13)18/h2-7,15,20H,1H3. The molecular weight excluding hydrogens is 282 g/mol. The summed E-state index contributed by atoms with van der Waals surface area (Å²) in [6.07, 6.45) is 0. The van der Waals surface area contributed by atoms with E-state index in [-0.39, 0.29) is 5.56 Å². The van der Waals surface area contributed by atoms with Gasteiger partial charge in [-0.25, -0.2) is 8.78 Å². The van der Waals surface area contributed by atoms with Gasteiger partial charge in [0.25, 0.3) is 0 Å². The Morgan fingerprint density at radius 3 is 2.60 bits per heavy atom. The zero-order valence-electron chi connectivity index (χ0n) is 10.6. The fourth-order valence-electron chi connectivity index (χ4n) is 1.90. The molecule has 20 heavy (non-hydrogen) atoms. The summed E-state index contributed by atoms with van der Waals surface area (Å²) in [5, 5.41) is 12.3. The summed E-state index contributed by atoms with van der Waals surface area (Å²) in [4.78, 5) is 0. The van der Waals surface area contributed by atoms with Crippen LogP contribution in [0.15, 0.2) is 36.4 Å². The van der Waals surface area contributed by atoms with Crippen LogP contribution in [0.5, 0.6) is 0 Å². The van der Waals surface area contributed by atoms with Crippen molar-refractivity contribution in [2.45, 2.75) is 13.0 Å². The summed E-state index contributed by atoms with van der Waals surface area (Å²) in [5.41, 5.74) is 1.24. The first kappa shape index (κ1) is 14.3. The van der Waals surface area contributed by atoms with Crippen molar-refractivity contribution in [3.8, 4) is 6.07 Å². The quantitative estimate of drug-likeness (QED) is 0.897. The van der Waals surface area contributed by atoms with Crippen molar-refractivity contribution < 1.29 is 8.78 Å². The summed E-state index contributed by atoms with van der Waals surface area (Å²) in [5.74, 6) is -0.961. The first-order valence-corrected chi connectivity index (χ1v) is 6.25. The van der Waals surface area contributed by atoms with Gasteiger partial charge in [0.2, 0.25) is 0 Å². The topological polar surface area (TPSA) is 35.8 Å². The molecule has 0 amide bonds. The maximum atomic E-state index is 13.7. The van der Waals surface area contributed by atoms with Gasteiger partial charge in [0.05, 0.1) is 6.07 Å². The van der Waals surface area contributed by atoms with Gasteiger partial charge in [-0.3, -0.25) is 0 Å². The first-order chi connectivity index (χ1) is 9.49. The molecule has 0 aliphatic rings. The number of halogens is 3. The molecular formula is C15H11ClF2N2. The lowest BCUT2D eigenvalue weighted by Gasteiger charge is -2.15. The van der Waals surface area contributed by atoms with E-state index in [9.17, 15) is 14.0 Å². The van der Waals surface area contributed by atoms with E-state index in [0.29, 0.717) is 16.3 Å². The SMILES string of the molecule is Cc1cc(F)cc(NC(C#N)c2cc(Cl)ccc2F)c1. The number of hydrogen-bond acceptors (Lipinski definition) is 2. The van der Waals surface area contributed by atoms with Crippen molar-refractivity contribution in [1.29, 1.82) is 5.26 Å². The lowest BCUT2D eigenvalue weighted by Crippen LogP contribution is -2.10. The van der Waals surface area contributed by atoms with Gasteiger partial charge in [-0.15, -0.1) is 0 Å². The average Bonchev–Trinajstić information content (AvgIpc) is 2.38. The van der Waals surface area contributed by atoms with Crippen molar-refractivity contribution in [2.75, 3.05) is 5.32 Å². The molecule has 0 saturated heterocycles. The number of nitrogens with zero attached hydrogens (tertiary/aromatic N) is 1. The fourth-order valence-corrected chi connectivity index (χ4v) is 2.08. The predicted molar refractivity (Wildman–Crippen MR) is 74.5 cm³/mol. The van der Waals surface area contributed by atoms with Gasteiger partial charge in [-0.2, -0.15) is 5.26 Å². The second-order valence-corrected chi connectivity index (χ2v) is 4.83. The van der Waals surface area contributed by atoms with Gasteiger partial charge < -0.3 is 5.32 Å². The monoisotopic (exact) mass is 292 g/mol. The summed E-state index contributed by atoms with van der Waals surface area (Å²) < 4.78 is 27.1. The minimum absolute atomic E-state index is 0.127.